The predicted molar refractivity (Wildman–Crippen MR) is 97.2 cm³/mol. The number of carbonyl (C=O) groups excluding carboxylic acids is 2. The summed E-state index contributed by atoms with van der Waals surface area (Å²) in [7, 11) is 0. The molecule has 1 amide bonds. The molecule has 3 nitrogen and oxygen atoms in total. The largest absolute Gasteiger partial charge is 0.349 e. The quantitative estimate of drug-likeness (QED) is 0.844. The Morgan fingerprint density at radius 2 is 2.12 bits per heavy atom. The molecule has 3 saturated carbocycles. The SMILES string of the molecule is CC1(C)C2C[C@@H]1C[C@H](CC=O)[C@H]2NC(=O)c1csc2ccccc12. The lowest BCUT2D eigenvalue weighted by molar-refractivity contribution is -0.123. The maximum Gasteiger partial charge on any atom is 0.252 e. The number of nitrogens with one attached hydrogen (secondary N) is 1. The van der Waals surface area contributed by atoms with E-state index in [1.165, 1.54) is 6.42 Å². The normalized spacial score (nSPS) is 30.6. The summed E-state index contributed by atoms with van der Waals surface area (Å²) in [5.74, 6) is 1.47. The lowest BCUT2D eigenvalue weighted by Crippen LogP contribution is -2.63. The third-order valence-electron chi connectivity index (χ3n) is 6.50. The van der Waals surface area contributed by atoms with Gasteiger partial charge in [0.15, 0.2) is 0 Å². The van der Waals surface area contributed by atoms with Gasteiger partial charge in [0, 0.05) is 27.9 Å². The lowest BCUT2D eigenvalue weighted by atomic mass is 9.44. The molecular weight excluding hydrogens is 318 g/mol. The molecule has 2 aromatic rings. The van der Waals surface area contributed by atoms with Gasteiger partial charge in [0.1, 0.15) is 6.29 Å². The minimum atomic E-state index is 0.00880. The average molecular weight is 341 g/mol. The predicted octanol–water partition coefficient (Wildman–Crippen LogP) is 4.27. The summed E-state index contributed by atoms with van der Waals surface area (Å²) in [6.45, 7) is 4.62. The molecule has 126 valence electrons. The number of amides is 1. The zero-order chi connectivity index (χ0) is 16.9. The van der Waals surface area contributed by atoms with Crippen molar-refractivity contribution in [2.45, 2.75) is 39.2 Å². The second-order valence-corrected chi connectivity index (χ2v) is 8.81. The fourth-order valence-corrected chi connectivity index (χ4v) is 5.81. The lowest BCUT2D eigenvalue weighted by Gasteiger charge is -2.62. The summed E-state index contributed by atoms with van der Waals surface area (Å²) in [4.78, 5) is 24.0. The second-order valence-electron chi connectivity index (χ2n) is 7.90. The van der Waals surface area contributed by atoms with Crippen LogP contribution in [0.1, 0.15) is 43.5 Å². The van der Waals surface area contributed by atoms with Crippen LogP contribution < -0.4 is 5.32 Å². The van der Waals surface area contributed by atoms with Crippen LogP contribution in [0.3, 0.4) is 0 Å². The zero-order valence-electron chi connectivity index (χ0n) is 14.1. The standard InChI is InChI=1S/C20H23NO2S/c1-20(2)13-9-12(7-8-22)18(16(20)10-13)21-19(23)15-11-24-17-6-4-3-5-14(15)17/h3-6,8,11-13,16,18H,7,9-10H2,1-2H3,(H,21,23)/t12-,13-,16?,18+/m0/s1. The third-order valence-corrected chi connectivity index (χ3v) is 7.46. The molecule has 4 atom stereocenters. The highest BCUT2D eigenvalue weighted by Gasteiger charge is 2.57. The van der Waals surface area contributed by atoms with Gasteiger partial charge in [-0.15, -0.1) is 11.3 Å². The number of benzene rings is 1. The third kappa shape index (κ3) is 2.31. The van der Waals surface area contributed by atoms with Crippen molar-refractivity contribution in [1.82, 2.24) is 5.32 Å². The van der Waals surface area contributed by atoms with E-state index in [2.05, 4.69) is 19.2 Å². The fourth-order valence-electron chi connectivity index (χ4n) is 4.87. The smallest absolute Gasteiger partial charge is 0.252 e. The van der Waals surface area contributed by atoms with E-state index >= 15 is 0 Å². The highest BCUT2D eigenvalue weighted by molar-refractivity contribution is 7.17. The van der Waals surface area contributed by atoms with Crippen molar-refractivity contribution in [1.29, 1.82) is 0 Å². The van der Waals surface area contributed by atoms with E-state index in [0.29, 0.717) is 18.3 Å². The Morgan fingerprint density at radius 3 is 2.88 bits per heavy atom. The maximum absolute atomic E-state index is 12.9. The van der Waals surface area contributed by atoms with Gasteiger partial charge >= 0.3 is 0 Å². The number of rotatable bonds is 4. The molecule has 3 aliphatic rings. The van der Waals surface area contributed by atoms with Crippen LogP contribution in [-0.2, 0) is 4.79 Å². The van der Waals surface area contributed by atoms with E-state index in [9.17, 15) is 9.59 Å². The molecule has 24 heavy (non-hydrogen) atoms. The summed E-state index contributed by atoms with van der Waals surface area (Å²) in [6, 6.07) is 8.14. The van der Waals surface area contributed by atoms with Crippen molar-refractivity contribution < 1.29 is 9.59 Å². The maximum atomic E-state index is 12.9. The van der Waals surface area contributed by atoms with E-state index in [4.69, 9.17) is 0 Å². The van der Waals surface area contributed by atoms with Crippen LogP contribution in [0.15, 0.2) is 29.6 Å². The minimum Gasteiger partial charge on any atom is -0.349 e. The summed E-state index contributed by atoms with van der Waals surface area (Å²) in [5, 5.41) is 6.27. The first-order valence-electron chi connectivity index (χ1n) is 8.73. The van der Waals surface area contributed by atoms with Crippen LogP contribution >= 0.6 is 11.3 Å². The monoisotopic (exact) mass is 341 g/mol. The molecule has 1 unspecified atom stereocenters. The van der Waals surface area contributed by atoms with Gasteiger partial charge in [0.2, 0.25) is 0 Å². The van der Waals surface area contributed by atoms with Crippen LogP contribution in [0, 0.1) is 23.2 Å². The van der Waals surface area contributed by atoms with Gasteiger partial charge < -0.3 is 10.1 Å². The number of hydrogen-bond donors (Lipinski definition) is 1. The van der Waals surface area contributed by atoms with Crippen molar-refractivity contribution >= 4 is 33.6 Å². The molecular formula is C20H23NO2S. The van der Waals surface area contributed by atoms with E-state index in [0.717, 1.165) is 28.4 Å². The van der Waals surface area contributed by atoms with Gasteiger partial charge in [-0.2, -0.15) is 0 Å². The molecule has 0 radical (unpaired) electrons. The molecule has 5 rings (SSSR count). The van der Waals surface area contributed by atoms with Gasteiger partial charge in [-0.1, -0.05) is 32.0 Å². The topological polar surface area (TPSA) is 46.2 Å². The van der Waals surface area contributed by atoms with Crippen molar-refractivity contribution in [3.63, 3.8) is 0 Å². The summed E-state index contributed by atoms with van der Waals surface area (Å²) < 4.78 is 1.14. The number of thiophene rings is 1. The van der Waals surface area contributed by atoms with Crippen LogP contribution in [-0.4, -0.2) is 18.2 Å². The molecule has 0 aliphatic heterocycles. The van der Waals surface area contributed by atoms with Crippen molar-refractivity contribution in [3.8, 4) is 0 Å². The fraction of sp³-hybridized carbons (Fsp3) is 0.500. The van der Waals surface area contributed by atoms with E-state index in [1.54, 1.807) is 11.3 Å². The Balaban J connectivity index is 1.60. The van der Waals surface area contributed by atoms with Gasteiger partial charge in [-0.3, -0.25) is 4.79 Å². The summed E-state index contributed by atoms with van der Waals surface area (Å²) >= 11 is 1.61. The molecule has 1 N–H and O–H groups in total. The molecule has 0 saturated heterocycles. The Hall–Kier alpha value is -1.68. The first kappa shape index (κ1) is 15.8. The average Bonchev–Trinajstić information content (AvgIpc) is 3.00. The van der Waals surface area contributed by atoms with Gasteiger partial charge in [0.05, 0.1) is 5.56 Å². The zero-order valence-corrected chi connectivity index (χ0v) is 14.9. The molecule has 3 fully saturated rings. The summed E-state index contributed by atoms with van der Waals surface area (Å²) in [6.07, 6.45) is 3.80. The molecule has 1 aromatic heterocycles. The number of carbonyl (C=O) groups is 2. The molecule has 1 aromatic carbocycles. The Bertz CT molecular complexity index is 794. The summed E-state index contributed by atoms with van der Waals surface area (Å²) in [5.41, 5.74) is 1.04. The van der Waals surface area contributed by atoms with E-state index in [-0.39, 0.29) is 23.3 Å². The van der Waals surface area contributed by atoms with E-state index in [1.807, 2.05) is 29.6 Å². The molecule has 1 heterocycles. The molecule has 2 bridgehead atoms. The molecule has 3 aliphatic carbocycles. The van der Waals surface area contributed by atoms with Gasteiger partial charge in [0.25, 0.3) is 5.91 Å². The van der Waals surface area contributed by atoms with Crippen LogP contribution in [0.25, 0.3) is 10.1 Å². The minimum absolute atomic E-state index is 0.00880. The molecule has 0 spiro atoms. The van der Waals surface area contributed by atoms with Crippen molar-refractivity contribution in [2.24, 2.45) is 23.2 Å². The number of aldehydes is 1. The van der Waals surface area contributed by atoms with Crippen LogP contribution in [0.2, 0.25) is 0 Å². The van der Waals surface area contributed by atoms with E-state index < -0.39 is 0 Å². The van der Waals surface area contributed by atoms with Gasteiger partial charge in [-0.25, -0.2) is 0 Å². The second kappa shape index (κ2) is 5.69. The Kier molecular flexibility index (Phi) is 3.75. The number of fused-ring (bicyclic) bond motifs is 3. The Labute approximate surface area is 146 Å². The highest BCUT2D eigenvalue weighted by Crippen LogP contribution is 2.61. The highest BCUT2D eigenvalue weighted by atomic mass is 32.1. The number of hydrogen-bond acceptors (Lipinski definition) is 3. The Morgan fingerprint density at radius 1 is 1.33 bits per heavy atom. The first-order chi connectivity index (χ1) is 11.5. The van der Waals surface area contributed by atoms with Crippen molar-refractivity contribution in [3.05, 3.63) is 35.2 Å². The first-order valence-corrected chi connectivity index (χ1v) is 9.61. The van der Waals surface area contributed by atoms with Crippen LogP contribution in [0.5, 0.6) is 0 Å². The van der Waals surface area contributed by atoms with Crippen LogP contribution in [0.4, 0.5) is 0 Å². The van der Waals surface area contributed by atoms with Crippen molar-refractivity contribution in [2.75, 3.05) is 0 Å². The molecule has 4 heteroatoms. The van der Waals surface area contributed by atoms with Gasteiger partial charge in [-0.05, 0) is 42.1 Å².